The fourth-order valence-electron chi connectivity index (χ4n) is 2.29. The molecule has 0 spiro atoms. The molecule has 1 aliphatic rings. The Kier molecular flexibility index (Phi) is 4.15. The molecule has 1 fully saturated rings. The third-order valence-electron chi connectivity index (χ3n) is 3.33. The van der Waals surface area contributed by atoms with Crippen molar-refractivity contribution in [3.05, 3.63) is 24.0 Å². The van der Waals surface area contributed by atoms with E-state index >= 15 is 0 Å². The van der Waals surface area contributed by atoms with Crippen LogP contribution in [-0.4, -0.2) is 30.1 Å². The van der Waals surface area contributed by atoms with E-state index in [0.717, 1.165) is 19.4 Å². The first-order valence-corrected chi connectivity index (χ1v) is 6.32. The monoisotopic (exact) mass is 249 g/mol. The lowest BCUT2D eigenvalue weighted by molar-refractivity contribution is 0.0825. The Balaban J connectivity index is 1.91. The highest BCUT2D eigenvalue weighted by Crippen LogP contribution is 2.22. The molecule has 0 saturated carbocycles. The molecular formula is C13H19N3O2. The van der Waals surface area contributed by atoms with E-state index in [0.29, 0.717) is 23.8 Å². The minimum Gasteiger partial charge on any atom is -0.397 e. The molecule has 2 unspecified atom stereocenters. The van der Waals surface area contributed by atoms with Crippen molar-refractivity contribution in [2.24, 2.45) is 5.92 Å². The second kappa shape index (κ2) is 5.82. The second-order valence-electron chi connectivity index (χ2n) is 4.52. The summed E-state index contributed by atoms with van der Waals surface area (Å²) in [6, 6.07) is 3.39. The first-order chi connectivity index (χ1) is 8.72. The van der Waals surface area contributed by atoms with Gasteiger partial charge in [0.05, 0.1) is 11.8 Å². The van der Waals surface area contributed by atoms with Crippen LogP contribution >= 0.6 is 0 Å². The molecule has 0 radical (unpaired) electrons. The number of hydrogen-bond acceptors (Lipinski definition) is 4. The van der Waals surface area contributed by atoms with E-state index in [9.17, 15) is 4.79 Å². The van der Waals surface area contributed by atoms with Crippen molar-refractivity contribution in [2.75, 3.05) is 18.9 Å². The highest BCUT2D eigenvalue weighted by Gasteiger charge is 2.27. The summed E-state index contributed by atoms with van der Waals surface area (Å²) in [6.45, 7) is 3.50. The number of ether oxygens (including phenoxy) is 1. The van der Waals surface area contributed by atoms with Crippen LogP contribution in [0.2, 0.25) is 0 Å². The van der Waals surface area contributed by atoms with Crippen LogP contribution in [0.15, 0.2) is 18.3 Å². The molecule has 1 amide bonds. The summed E-state index contributed by atoms with van der Waals surface area (Å²) >= 11 is 0. The van der Waals surface area contributed by atoms with E-state index in [-0.39, 0.29) is 12.0 Å². The number of carbonyl (C=O) groups excluding carboxylic acids is 1. The molecule has 3 N–H and O–H groups in total. The van der Waals surface area contributed by atoms with Crippen LogP contribution in [0.3, 0.4) is 0 Å². The molecule has 18 heavy (non-hydrogen) atoms. The van der Waals surface area contributed by atoms with E-state index in [1.807, 2.05) is 0 Å². The SMILES string of the molecule is CCC1OCCC1CNC(=O)c1ncccc1N. The van der Waals surface area contributed by atoms with E-state index in [2.05, 4.69) is 17.2 Å². The maximum absolute atomic E-state index is 11.9. The minimum atomic E-state index is -0.213. The lowest BCUT2D eigenvalue weighted by Gasteiger charge is -2.17. The minimum absolute atomic E-state index is 0.213. The van der Waals surface area contributed by atoms with E-state index < -0.39 is 0 Å². The molecule has 1 saturated heterocycles. The van der Waals surface area contributed by atoms with E-state index in [4.69, 9.17) is 10.5 Å². The highest BCUT2D eigenvalue weighted by molar-refractivity contribution is 5.96. The molecule has 2 rings (SSSR count). The van der Waals surface area contributed by atoms with Gasteiger partial charge in [0.2, 0.25) is 0 Å². The first-order valence-electron chi connectivity index (χ1n) is 6.32. The maximum Gasteiger partial charge on any atom is 0.272 e. The zero-order valence-electron chi connectivity index (χ0n) is 10.6. The lowest BCUT2D eigenvalue weighted by Crippen LogP contribution is -2.33. The number of amides is 1. The number of anilines is 1. The van der Waals surface area contributed by atoms with Gasteiger partial charge in [-0.25, -0.2) is 4.98 Å². The summed E-state index contributed by atoms with van der Waals surface area (Å²) < 4.78 is 5.58. The number of hydrogen-bond donors (Lipinski definition) is 2. The van der Waals surface area contributed by atoms with Crippen LogP contribution in [0.25, 0.3) is 0 Å². The lowest BCUT2D eigenvalue weighted by atomic mass is 10.00. The van der Waals surface area contributed by atoms with Crippen LogP contribution < -0.4 is 11.1 Å². The van der Waals surface area contributed by atoms with Gasteiger partial charge in [-0.05, 0) is 25.0 Å². The van der Waals surface area contributed by atoms with Crippen molar-refractivity contribution in [2.45, 2.75) is 25.9 Å². The Morgan fingerprint density at radius 2 is 2.50 bits per heavy atom. The van der Waals surface area contributed by atoms with Gasteiger partial charge >= 0.3 is 0 Å². The molecule has 0 bridgehead atoms. The van der Waals surface area contributed by atoms with Gasteiger partial charge < -0.3 is 15.8 Å². The van der Waals surface area contributed by atoms with Gasteiger partial charge in [0, 0.05) is 25.3 Å². The number of aromatic nitrogens is 1. The van der Waals surface area contributed by atoms with Crippen LogP contribution in [0.1, 0.15) is 30.3 Å². The normalized spacial score (nSPS) is 22.9. The van der Waals surface area contributed by atoms with Crippen LogP contribution in [0.4, 0.5) is 5.69 Å². The first kappa shape index (κ1) is 12.8. The predicted molar refractivity (Wildman–Crippen MR) is 69.1 cm³/mol. The topological polar surface area (TPSA) is 77.2 Å². The van der Waals surface area contributed by atoms with E-state index in [1.54, 1.807) is 18.3 Å². The summed E-state index contributed by atoms with van der Waals surface area (Å²) in [5.74, 6) is 0.179. The average molecular weight is 249 g/mol. The van der Waals surface area contributed by atoms with Gasteiger partial charge in [-0.3, -0.25) is 4.79 Å². The predicted octanol–water partition coefficient (Wildman–Crippen LogP) is 1.21. The maximum atomic E-state index is 11.9. The number of nitrogens with two attached hydrogens (primary N) is 1. The van der Waals surface area contributed by atoms with E-state index in [1.165, 1.54) is 0 Å². The number of pyridine rings is 1. The summed E-state index contributed by atoms with van der Waals surface area (Å²) in [4.78, 5) is 15.9. The average Bonchev–Trinajstić information content (AvgIpc) is 2.84. The van der Waals surface area contributed by atoms with Gasteiger partial charge in [0.15, 0.2) is 5.69 Å². The van der Waals surface area contributed by atoms with Gasteiger partial charge in [-0.15, -0.1) is 0 Å². The van der Waals surface area contributed by atoms with Crippen LogP contribution in [-0.2, 0) is 4.74 Å². The molecule has 5 heteroatoms. The summed E-state index contributed by atoms with van der Waals surface area (Å²) in [6.07, 6.45) is 3.80. The quantitative estimate of drug-likeness (QED) is 0.840. The van der Waals surface area contributed by atoms with Gasteiger partial charge in [0.25, 0.3) is 5.91 Å². The van der Waals surface area contributed by atoms with Gasteiger partial charge in [-0.1, -0.05) is 6.92 Å². The van der Waals surface area contributed by atoms with Gasteiger partial charge in [-0.2, -0.15) is 0 Å². The Morgan fingerprint density at radius 3 is 3.22 bits per heavy atom. The third kappa shape index (κ3) is 2.79. The standard InChI is InChI=1S/C13H19N3O2/c1-2-11-9(5-7-18-11)8-16-13(17)12-10(14)4-3-6-15-12/h3-4,6,9,11H,2,5,7-8,14H2,1H3,(H,16,17). The number of nitrogens with one attached hydrogen (secondary N) is 1. The molecular weight excluding hydrogens is 230 g/mol. The van der Waals surface area contributed by atoms with Crippen molar-refractivity contribution in [3.63, 3.8) is 0 Å². The highest BCUT2D eigenvalue weighted by atomic mass is 16.5. The smallest absolute Gasteiger partial charge is 0.272 e. The third-order valence-corrected chi connectivity index (χ3v) is 3.33. The van der Waals surface area contributed by atoms with Crippen molar-refractivity contribution in [1.29, 1.82) is 0 Å². The molecule has 5 nitrogen and oxygen atoms in total. The number of carbonyl (C=O) groups is 1. The van der Waals surface area contributed by atoms with Crippen molar-refractivity contribution >= 4 is 11.6 Å². The Bertz CT molecular complexity index is 422. The number of nitrogen functional groups attached to an aromatic ring is 1. The molecule has 2 heterocycles. The molecule has 0 aliphatic carbocycles. The molecule has 1 aromatic heterocycles. The van der Waals surface area contributed by atoms with Crippen molar-refractivity contribution in [1.82, 2.24) is 10.3 Å². The van der Waals surface area contributed by atoms with Crippen LogP contribution in [0.5, 0.6) is 0 Å². The summed E-state index contributed by atoms with van der Waals surface area (Å²) in [5, 5.41) is 2.88. The van der Waals surface area contributed by atoms with Gasteiger partial charge in [0.1, 0.15) is 0 Å². The zero-order chi connectivity index (χ0) is 13.0. The van der Waals surface area contributed by atoms with Crippen molar-refractivity contribution < 1.29 is 9.53 Å². The fourth-order valence-corrected chi connectivity index (χ4v) is 2.29. The second-order valence-corrected chi connectivity index (χ2v) is 4.52. The zero-order valence-corrected chi connectivity index (χ0v) is 10.6. The molecule has 98 valence electrons. The number of rotatable bonds is 4. The van der Waals surface area contributed by atoms with Crippen molar-refractivity contribution in [3.8, 4) is 0 Å². The molecule has 0 aromatic carbocycles. The Morgan fingerprint density at radius 1 is 1.67 bits per heavy atom. The molecule has 2 atom stereocenters. The Hall–Kier alpha value is -1.62. The Labute approximate surface area is 107 Å². The summed E-state index contributed by atoms with van der Waals surface area (Å²) in [7, 11) is 0. The largest absolute Gasteiger partial charge is 0.397 e. The van der Waals surface area contributed by atoms with Crippen LogP contribution in [0, 0.1) is 5.92 Å². The molecule has 1 aromatic rings. The molecule has 1 aliphatic heterocycles. The summed E-state index contributed by atoms with van der Waals surface area (Å²) in [5.41, 5.74) is 6.41. The fraction of sp³-hybridized carbons (Fsp3) is 0.538. The number of nitrogens with zero attached hydrogens (tertiary/aromatic N) is 1.